The Labute approximate surface area is 90.2 Å². The molecule has 5 nitrogen and oxygen atoms in total. The normalized spacial score (nSPS) is 18.9. The van der Waals surface area contributed by atoms with Crippen LogP contribution in [0.3, 0.4) is 0 Å². The van der Waals surface area contributed by atoms with Crippen LogP contribution in [-0.4, -0.2) is 53.8 Å². The minimum Gasteiger partial charge on any atom is -0.339 e. The van der Waals surface area contributed by atoms with E-state index in [0.29, 0.717) is 32.6 Å². The summed E-state index contributed by atoms with van der Waals surface area (Å²) in [6, 6.07) is -0.395. The maximum absolute atomic E-state index is 11.7. The Morgan fingerprint density at radius 2 is 1.67 bits per heavy atom. The number of carbonyl (C=O) groups is 2. The first-order valence-corrected chi connectivity index (χ1v) is 5.36. The zero-order valence-electron chi connectivity index (χ0n) is 9.40. The van der Waals surface area contributed by atoms with E-state index in [1.165, 1.54) is 0 Å². The molecule has 0 saturated carbocycles. The van der Waals surface area contributed by atoms with Crippen LogP contribution in [0.2, 0.25) is 0 Å². The van der Waals surface area contributed by atoms with Crippen molar-refractivity contribution in [2.24, 2.45) is 5.73 Å². The maximum atomic E-state index is 11.7. The third kappa shape index (κ3) is 2.92. The molecular formula is C10H19N3O2. The summed E-state index contributed by atoms with van der Waals surface area (Å²) in [4.78, 5) is 26.3. The van der Waals surface area contributed by atoms with Crippen LogP contribution in [0.5, 0.6) is 0 Å². The Kier molecular flexibility index (Phi) is 4.08. The largest absolute Gasteiger partial charge is 0.339 e. The quantitative estimate of drug-likeness (QED) is 0.667. The molecule has 1 fully saturated rings. The molecule has 86 valence electrons. The molecule has 0 aliphatic carbocycles. The van der Waals surface area contributed by atoms with E-state index < -0.39 is 6.04 Å². The van der Waals surface area contributed by atoms with Gasteiger partial charge in [0.2, 0.25) is 11.8 Å². The molecule has 0 aromatic heterocycles. The van der Waals surface area contributed by atoms with Gasteiger partial charge in [-0.15, -0.1) is 0 Å². The van der Waals surface area contributed by atoms with Crippen molar-refractivity contribution in [3.05, 3.63) is 0 Å². The minimum absolute atomic E-state index is 0.000650. The second kappa shape index (κ2) is 5.11. The summed E-state index contributed by atoms with van der Waals surface area (Å²) in [5.74, 6) is 0.0718. The van der Waals surface area contributed by atoms with Gasteiger partial charge in [0.1, 0.15) is 0 Å². The Hall–Kier alpha value is -1.10. The molecule has 0 radical (unpaired) electrons. The predicted molar refractivity (Wildman–Crippen MR) is 57.1 cm³/mol. The lowest BCUT2D eigenvalue weighted by Gasteiger charge is -2.35. The molecule has 5 heteroatoms. The maximum Gasteiger partial charge on any atom is 0.239 e. The van der Waals surface area contributed by atoms with Gasteiger partial charge in [0.05, 0.1) is 6.04 Å². The van der Waals surface area contributed by atoms with Crippen molar-refractivity contribution in [2.75, 3.05) is 26.2 Å². The van der Waals surface area contributed by atoms with Gasteiger partial charge < -0.3 is 15.5 Å². The first kappa shape index (κ1) is 12.0. The SMILES string of the molecule is CCC(N)C(=O)N1CCN(C(C)=O)CC1. The van der Waals surface area contributed by atoms with E-state index in [0.717, 1.165) is 0 Å². The van der Waals surface area contributed by atoms with Gasteiger partial charge in [-0.25, -0.2) is 0 Å². The van der Waals surface area contributed by atoms with Crippen LogP contribution >= 0.6 is 0 Å². The van der Waals surface area contributed by atoms with E-state index in [2.05, 4.69) is 0 Å². The molecule has 1 saturated heterocycles. The Balaban J connectivity index is 2.43. The number of nitrogens with zero attached hydrogens (tertiary/aromatic N) is 2. The third-order valence-corrected chi connectivity index (χ3v) is 2.79. The van der Waals surface area contributed by atoms with Gasteiger partial charge in [-0.3, -0.25) is 9.59 Å². The summed E-state index contributed by atoms with van der Waals surface area (Å²) in [5.41, 5.74) is 5.67. The number of hydrogen-bond acceptors (Lipinski definition) is 3. The smallest absolute Gasteiger partial charge is 0.239 e. The van der Waals surface area contributed by atoms with Crippen LogP contribution in [0.1, 0.15) is 20.3 Å². The Morgan fingerprint density at radius 1 is 1.20 bits per heavy atom. The van der Waals surface area contributed by atoms with E-state index in [9.17, 15) is 9.59 Å². The third-order valence-electron chi connectivity index (χ3n) is 2.79. The van der Waals surface area contributed by atoms with Crippen molar-refractivity contribution in [1.82, 2.24) is 9.80 Å². The fourth-order valence-corrected chi connectivity index (χ4v) is 1.65. The predicted octanol–water partition coefficient (Wildman–Crippen LogP) is -0.586. The monoisotopic (exact) mass is 213 g/mol. The van der Waals surface area contributed by atoms with Crippen LogP contribution < -0.4 is 5.73 Å². The van der Waals surface area contributed by atoms with Gasteiger partial charge in [0, 0.05) is 33.1 Å². The van der Waals surface area contributed by atoms with Crippen molar-refractivity contribution in [3.8, 4) is 0 Å². The molecule has 1 rings (SSSR count). The topological polar surface area (TPSA) is 66.6 Å². The standard InChI is InChI=1S/C10H19N3O2/c1-3-9(11)10(15)13-6-4-12(5-7-13)8(2)14/h9H,3-7,11H2,1-2H3. The summed E-state index contributed by atoms with van der Waals surface area (Å²) in [6.07, 6.45) is 0.658. The minimum atomic E-state index is -0.395. The van der Waals surface area contributed by atoms with Gasteiger partial charge in [0.15, 0.2) is 0 Å². The van der Waals surface area contributed by atoms with Gasteiger partial charge in [-0.05, 0) is 6.42 Å². The fraction of sp³-hybridized carbons (Fsp3) is 0.800. The van der Waals surface area contributed by atoms with Crippen LogP contribution in [-0.2, 0) is 9.59 Å². The fourth-order valence-electron chi connectivity index (χ4n) is 1.65. The lowest BCUT2D eigenvalue weighted by molar-refractivity contribution is -0.139. The first-order chi connectivity index (χ1) is 7.06. The van der Waals surface area contributed by atoms with Crippen molar-refractivity contribution in [3.63, 3.8) is 0 Å². The highest BCUT2D eigenvalue weighted by Gasteiger charge is 2.24. The number of amides is 2. The van der Waals surface area contributed by atoms with Crippen LogP contribution in [0, 0.1) is 0 Å². The van der Waals surface area contributed by atoms with Gasteiger partial charge in [0.25, 0.3) is 0 Å². The van der Waals surface area contributed by atoms with Crippen LogP contribution in [0.25, 0.3) is 0 Å². The molecule has 0 spiro atoms. The molecule has 1 aliphatic heterocycles. The molecule has 1 unspecified atom stereocenters. The van der Waals surface area contributed by atoms with E-state index >= 15 is 0 Å². The Morgan fingerprint density at radius 3 is 2.07 bits per heavy atom. The average Bonchev–Trinajstić information content (AvgIpc) is 2.27. The molecule has 1 aliphatic rings. The van der Waals surface area contributed by atoms with E-state index in [1.807, 2.05) is 6.92 Å². The second-order valence-corrected chi connectivity index (χ2v) is 3.85. The molecule has 1 heterocycles. The molecule has 1 atom stereocenters. The molecule has 0 aromatic carbocycles. The molecule has 0 bridgehead atoms. The van der Waals surface area contributed by atoms with Crippen molar-refractivity contribution in [1.29, 1.82) is 0 Å². The zero-order valence-corrected chi connectivity index (χ0v) is 9.40. The van der Waals surface area contributed by atoms with Gasteiger partial charge in [-0.2, -0.15) is 0 Å². The van der Waals surface area contributed by atoms with E-state index in [1.54, 1.807) is 16.7 Å². The number of nitrogens with two attached hydrogens (primary N) is 1. The first-order valence-electron chi connectivity index (χ1n) is 5.36. The summed E-state index contributed by atoms with van der Waals surface area (Å²) in [6.45, 7) is 5.90. The zero-order chi connectivity index (χ0) is 11.4. The molecular weight excluding hydrogens is 194 g/mol. The highest BCUT2D eigenvalue weighted by atomic mass is 16.2. The number of piperazine rings is 1. The lowest BCUT2D eigenvalue weighted by atomic mass is 10.2. The summed E-state index contributed by atoms with van der Waals surface area (Å²) in [7, 11) is 0. The number of carbonyl (C=O) groups excluding carboxylic acids is 2. The van der Waals surface area contributed by atoms with E-state index in [4.69, 9.17) is 5.73 Å². The molecule has 15 heavy (non-hydrogen) atoms. The highest BCUT2D eigenvalue weighted by molar-refractivity contribution is 5.82. The molecule has 2 N–H and O–H groups in total. The summed E-state index contributed by atoms with van der Waals surface area (Å²) < 4.78 is 0. The molecule has 0 aromatic rings. The number of hydrogen-bond donors (Lipinski definition) is 1. The van der Waals surface area contributed by atoms with Crippen molar-refractivity contribution >= 4 is 11.8 Å². The molecule has 2 amide bonds. The highest BCUT2D eigenvalue weighted by Crippen LogP contribution is 2.04. The van der Waals surface area contributed by atoms with Crippen molar-refractivity contribution < 1.29 is 9.59 Å². The Bertz CT molecular complexity index is 247. The summed E-state index contributed by atoms with van der Waals surface area (Å²) >= 11 is 0. The van der Waals surface area contributed by atoms with Crippen molar-refractivity contribution in [2.45, 2.75) is 26.3 Å². The van der Waals surface area contributed by atoms with Gasteiger partial charge >= 0.3 is 0 Å². The van der Waals surface area contributed by atoms with E-state index in [-0.39, 0.29) is 11.8 Å². The van der Waals surface area contributed by atoms with Crippen LogP contribution in [0.15, 0.2) is 0 Å². The van der Waals surface area contributed by atoms with Crippen LogP contribution in [0.4, 0.5) is 0 Å². The number of rotatable bonds is 2. The van der Waals surface area contributed by atoms with Gasteiger partial charge in [-0.1, -0.05) is 6.92 Å². The summed E-state index contributed by atoms with van der Waals surface area (Å²) in [5, 5.41) is 0. The average molecular weight is 213 g/mol. The lowest BCUT2D eigenvalue weighted by Crippen LogP contribution is -2.53. The second-order valence-electron chi connectivity index (χ2n) is 3.85.